The monoisotopic (exact) mass is 479 g/mol. The molecule has 3 N–H and O–H groups in total. The summed E-state index contributed by atoms with van der Waals surface area (Å²) in [5, 5.41) is 17.3. The summed E-state index contributed by atoms with van der Waals surface area (Å²) in [6, 6.07) is 14.7. The number of amides is 2. The maximum Gasteiger partial charge on any atom is 0.337 e. The fourth-order valence-electron chi connectivity index (χ4n) is 3.73. The van der Waals surface area contributed by atoms with Crippen LogP contribution < -0.4 is 15.5 Å². The van der Waals surface area contributed by atoms with E-state index in [-0.39, 0.29) is 11.6 Å². The van der Waals surface area contributed by atoms with Crippen LogP contribution in [0.2, 0.25) is 0 Å². The Kier molecular flexibility index (Phi) is 9.10. The van der Waals surface area contributed by atoms with Gasteiger partial charge in [0.1, 0.15) is 0 Å². The molecule has 0 aliphatic heterocycles. The Morgan fingerprint density at radius 1 is 0.941 bits per heavy atom. The number of anilines is 3. The summed E-state index contributed by atoms with van der Waals surface area (Å²) in [7, 11) is 0. The Morgan fingerprint density at radius 3 is 2.24 bits per heavy atom. The third-order valence-corrected chi connectivity index (χ3v) is 6.58. The lowest BCUT2D eigenvalue weighted by Crippen LogP contribution is -2.28. The first kappa shape index (κ1) is 25.3. The number of carboxylic acid groups (broad SMARTS) is 1. The Morgan fingerprint density at radius 2 is 1.62 bits per heavy atom. The first-order valence-electron chi connectivity index (χ1n) is 11.8. The number of hydrogen-bond acceptors (Lipinski definition) is 4. The number of unbranched alkanes of at least 4 members (excludes halogenated alkanes) is 2. The molecule has 3 rings (SSSR count). The molecular formula is C27H33N3O3S. The number of urea groups is 1. The Hall–Kier alpha value is -3.32. The zero-order chi connectivity index (χ0) is 24.5. The highest BCUT2D eigenvalue weighted by Gasteiger charge is 2.18. The lowest BCUT2D eigenvalue weighted by molar-refractivity contribution is 0.0698. The molecule has 1 aromatic heterocycles. The summed E-state index contributed by atoms with van der Waals surface area (Å²) in [5.74, 6) is -0.959. The summed E-state index contributed by atoms with van der Waals surface area (Å²) in [6.45, 7) is 8.12. The number of benzene rings is 2. The van der Waals surface area contributed by atoms with Crippen LogP contribution in [-0.2, 0) is 0 Å². The molecule has 2 aromatic carbocycles. The van der Waals surface area contributed by atoms with Gasteiger partial charge in [-0.2, -0.15) is 0 Å². The highest BCUT2D eigenvalue weighted by atomic mass is 32.1. The van der Waals surface area contributed by atoms with Gasteiger partial charge in [0.15, 0.2) is 0 Å². The molecule has 0 aliphatic rings. The minimum atomic E-state index is -0.959. The second-order valence-electron chi connectivity index (χ2n) is 8.34. The first-order chi connectivity index (χ1) is 16.4. The van der Waals surface area contributed by atoms with Crippen molar-refractivity contribution in [2.24, 2.45) is 0 Å². The van der Waals surface area contributed by atoms with Crippen molar-refractivity contribution < 1.29 is 14.7 Å². The third kappa shape index (κ3) is 6.60. The smallest absolute Gasteiger partial charge is 0.337 e. The quantitative estimate of drug-likeness (QED) is 0.266. The minimum absolute atomic E-state index is 0.265. The van der Waals surface area contributed by atoms with E-state index in [4.69, 9.17) is 0 Å². The lowest BCUT2D eigenvalue weighted by atomic mass is 10.1. The zero-order valence-electron chi connectivity index (χ0n) is 20.1. The van der Waals surface area contributed by atoms with E-state index in [1.165, 1.54) is 11.3 Å². The summed E-state index contributed by atoms with van der Waals surface area (Å²) in [6.07, 6.45) is 4.26. The van der Waals surface area contributed by atoms with Gasteiger partial charge in [0.05, 0.1) is 16.9 Å². The van der Waals surface area contributed by atoms with Gasteiger partial charge in [-0.3, -0.25) is 0 Å². The largest absolute Gasteiger partial charge is 0.478 e. The van der Waals surface area contributed by atoms with Crippen LogP contribution in [0.1, 0.15) is 55.5 Å². The average molecular weight is 480 g/mol. The van der Waals surface area contributed by atoms with Crippen molar-refractivity contribution in [1.29, 1.82) is 0 Å². The molecule has 1 heterocycles. The molecule has 6 nitrogen and oxygen atoms in total. The van der Waals surface area contributed by atoms with E-state index in [1.807, 2.05) is 49.4 Å². The molecule has 0 saturated carbocycles. The van der Waals surface area contributed by atoms with Crippen molar-refractivity contribution in [3.8, 4) is 10.4 Å². The molecule has 0 atom stereocenters. The number of aryl methyl sites for hydroxylation is 1. The summed E-state index contributed by atoms with van der Waals surface area (Å²) >= 11 is 1.38. The third-order valence-electron chi connectivity index (χ3n) is 5.62. The van der Waals surface area contributed by atoms with Crippen molar-refractivity contribution in [2.45, 2.75) is 46.5 Å². The second kappa shape index (κ2) is 12.2. The molecule has 0 saturated heterocycles. The SMILES string of the molecule is CCCCN(CCCC)c1ccc(-c2sccc2C(=O)O)cc1NC(=O)Nc1ccc(C)cc1. The molecule has 0 radical (unpaired) electrons. The Balaban J connectivity index is 1.96. The van der Waals surface area contributed by atoms with Gasteiger partial charge in [-0.15, -0.1) is 11.3 Å². The topological polar surface area (TPSA) is 81.7 Å². The van der Waals surface area contributed by atoms with Crippen molar-refractivity contribution in [2.75, 3.05) is 28.6 Å². The van der Waals surface area contributed by atoms with Crippen LogP contribution in [0, 0.1) is 6.92 Å². The number of carbonyl (C=O) groups excluding carboxylic acids is 1. The molecule has 0 fully saturated rings. The molecule has 0 aliphatic carbocycles. The number of nitrogens with zero attached hydrogens (tertiary/aromatic N) is 1. The van der Waals surface area contributed by atoms with Gasteiger partial charge in [-0.25, -0.2) is 9.59 Å². The number of hydrogen-bond donors (Lipinski definition) is 3. The number of carboxylic acids is 1. The predicted molar refractivity (Wildman–Crippen MR) is 143 cm³/mol. The highest BCUT2D eigenvalue weighted by Crippen LogP contribution is 2.36. The number of thiophene rings is 1. The molecule has 2 amide bonds. The normalized spacial score (nSPS) is 10.7. The molecular weight excluding hydrogens is 446 g/mol. The summed E-state index contributed by atoms with van der Waals surface area (Å²) in [4.78, 5) is 27.6. The molecule has 3 aromatic rings. The van der Waals surface area contributed by atoms with Gasteiger partial charge in [0, 0.05) is 23.7 Å². The van der Waals surface area contributed by atoms with Crippen molar-refractivity contribution in [1.82, 2.24) is 0 Å². The van der Waals surface area contributed by atoms with E-state index in [0.29, 0.717) is 16.3 Å². The fourth-order valence-corrected chi connectivity index (χ4v) is 4.61. The zero-order valence-corrected chi connectivity index (χ0v) is 20.9. The van der Waals surface area contributed by atoms with Gasteiger partial charge in [-0.1, -0.05) is 50.5 Å². The molecule has 0 spiro atoms. The van der Waals surface area contributed by atoms with Crippen LogP contribution in [-0.4, -0.2) is 30.2 Å². The van der Waals surface area contributed by atoms with Crippen LogP contribution in [0.4, 0.5) is 21.9 Å². The second-order valence-corrected chi connectivity index (χ2v) is 9.26. The van der Waals surface area contributed by atoms with Crippen molar-refractivity contribution >= 4 is 40.4 Å². The number of rotatable bonds is 11. The highest BCUT2D eigenvalue weighted by molar-refractivity contribution is 7.14. The Bertz CT molecular complexity index is 1100. The van der Waals surface area contributed by atoms with E-state index in [0.717, 1.165) is 55.6 Å². The van der Waals surface area contributed by atoms with Gasteiger partial charge < -0.3 is 20.6 Å². The lowest BCUT2D eigenvalue weighted by Gasteiger charge is -2.27. The van der Waals surface area contributed by atoms with Gasteiger partial charge >= 0.3 is 12.0 Å². The summed E-state index contributed by atoms with van der Waals surface area (Å²) in [5.41, 5.74) is 4.47. The number of carbonyl (C=O) groups is 2. The summed E-state index contributed by atoms with van der Waals surface area (Å²) < 4.78 is 0. The van der Waals surface area contributed by atoms with E-state index < -0.39 is 5.97 Å². The van der Waals surface area contributed by atoms with Crippen molar-refractivity contribution in [3.05, 3.63) is 65.0 Å². The molecule has 0 bridgehead atoms. The van der Waals surface area contributed by atoms with Crippen LogP contribution in [0.25, 0.3) is 10.4 Å². The van der Waals surface area contributed by atoms with E-state index >= 15 is 0 Å². The van der Waals surface area contributed by atoms with Crippen LogP contribution in [0.3, 0.4) is 0 Å². The maximum atomic E-state index is 12.9. The average Bonchev–Trinajstić information content (AvgIpc) is 3.31. The van der Waals surface area contributed by atoms with Crippen LogP contribution in [0.15, 0.2) is 53.9 Å². The van der Waals surface area contributed by atoms with Gasteiger partial charge in [-0.05, 0) is 61.0 Å². The predicted octanol–water partition coefficient (Wildman–Crippen LogP) is 7.47. The minimum Gasteiger partial charge on any atom is -0.478 e. The standard InChI is InChI=1S/C27H33N3O3S/c1-4-6-15-30(16-7-5-2)24-13-10-20(25-22(26(31)32)14-17-34-25)18-23(24)29-27(33)28-21-11-8-19(3)9-12-21/h8-14,17-18H,4-7,15-16H2,1-3H3,(H,31,32)(H2,28,29,33). The van der Waals surface area contributed by atoms with Crippen LogP contribution >= 0.6 is 11.3 Å². The first-order valence-corrected chi connectivity index (χ1v) is 12.7. The van der Waals surface area contributed by atoms with E-state index in [9.17, 15) is 14.7 Å². The van der Waals surface area contributed by atoms with Gasteiger partial charge in [0.2, 0.25) is 0 Å². The number of aromatic carboxylic acids is 1. The van der Waals surface area contributed by atoms with Gasteiger partial charge in [0.25, 0.3) is 0 Å². The van der Waals surface area contributed by atoms with Crippen molar-refractivity contribution in [3.63, 3.8) is 0 Å². The molecule has 7 heteroatoms. The molecule has 34 heavy (non-hydrogen) atoms. The molecule has 0 unspecified atom stereocenters. The fraction of sp³-hybridized carbons (Fsp3) is 0.333. The van der Waals surface area contributed by atoms with E-state index in [1.54, 1.807) is 11.4 Å². The Labute approximate surface area is 205 Å². The molecule has 180 valence electrons. The number of nitrogens with one attached hydrogen (secondary N) is 2. The van der Waals surface area contributed by atoms with E-state index in [2.05, 4.69) is 29.4 Å². The van der Waals surface area contributed by atoms with Crippen LogP contribution in [0.5, 0.6) is 0 Å². The maximum absolute atomic E-state index is 12.9.